The van der Waals surface area contributed by atoms with E-state index in [9.17, 15) is 0 Å². The molecule has 1 saturated heterocycles. The second-order valence-electron chi connectivity index (χ2n) is 5.60. The molecular weight excluding hydrogens is 222 g/mol. The van der Waals surface area contributed by atoms with Crippen LogP contribution in [0.4, 0.5) is 5.82 Å². The molecule has 0 saturated carbocycles. The number of nitrogens with one attached hydrogen (secondary N) is 1. The summed E-state index contributed by atoms with van der Waals surface area (Å²) in [5.41, 5.74) is 1.32. The second-order valence-corrected chi connectivity index (χ2v) is 5.60. The zero-order valence-corrected chi connectivity index (χ0v) is 12.0. The Balaban J connectivity index is 2.22. The van der Waals surface area contributed by atoms with E-state index in [2.05, 4.69) is 48.1 Å². The molecule has 0 bridgehead atoms. The SMILES string of the molecule is CNC(C)c1ccnc(N2CCCC2C(C)C)c1. The van der Waals surface area contributed by atoms with Gasteiger partial charge in [0.15, 0.2) is 0 Å². The lowest BCUT2D eigenvalue weighted by Crippen LogP contribution is -2.34. The molecule has 3 heteroatoms. The number of aromatic nitrogens is 1. The van der Waals surface area contributed by atoms with Crippen molar-refractivity contribution in [3.8, 4) is 0 Å². The van der Waals surface area contributed by atoms with E-state index in [0.29, 0.717) is 18.0 Å². The third-order valence-corrected chi connectivity index (χ3v) is 4.07. The monoisotopic (exact) mass is 247 g/mol. The van der Waals surface area contributed by atoms with Crippen molar-refractivity contribution >= 4 is 5.82 Å². The molecule has 1 aliphatic heterocycles. The van der Waals surface area contributed by atoms with Crippen molar-refractivity contribution in [1.82, 2.24) is 10.3 Å². The topological polar surface area (TPSA) is 28.2 Å². The summed E-state index contributed by atoms with van der Waals surface area (Å²) in [6.45, 7) is 7.95. The van der Waals surface area contributed by atoms with Crippen LogP contribution >= 0.6 is 0 Å². The number of hydrogen-bond donors (Lipinski definition) is 1. The first kappa shape index (κ1) is 13.3. The highest BCUT2D eigenvalue weighted by atomic mass is 15.2. The van der Waals surface area contributed by atoms with E-state index >= 15 is 0 Å². The number of anilines is 1. The van der Waals surface area contributed by atoms with Gasteiger partial charge in [-0.2, -0.15) is 0 Å². The molecule has 18 heavy (non-hydrogen) atoms. The van der Waals surface area contributed by atoms with Crippen molar-refractivity contribution in [3.05, 3.63) is 23.9 Å². The Bertz CT molecular complexity index is 389. The third kappa shape index (κ3) is 2.66. The summed E-state index contributed by atoms with van der Waals surface area (Å²) < 4.78 is 0. The van der Waals surface area contributed by atoms with E-state index in [0.717, 1.165) is 12.4 Å². The molecule has 0 aromatic carbocycles. The lowest BCUT2D eigenvalue weighted by molar-refractivity contribution is 0.489. The van der Waals surface area contributed by atoms with Crippen molar-refractivity contribution in [2.24, 2.45) is 5.92 Å². The van der Waals surface area contributed by atoms with Crippen LogP contribution in [0.15, 0.2) is 18.3 Å². The Morgan fingerprint density at radius 1 is 1.39 bits per heavy atom. The smallest absolute Gasteiger partial charge is 0.129 e. The minimum atomic E-state index is 0.381. The molecule has 1 aromatic heterocycles. The van der Waals surface area contributed by atoms with Crippen molar-refractivity contribution in [2.45, 2.75) is 45.7 Å². The molecule has 2 unspecified atom stereocenters. The molecular formula is C15H25N3. The molecule has 2 heterocycles. The fourth-order valence-electron chi connectivity index (χ4n) is 2.80. The predicted molar refractivity (Wildman–Crippen MR) is 76.9 cm³/mol. The Labute approximate surface area is 111 Å². The summed E-state index contributed by atoms with van der Waals surface area (Å²) in [6.07, 6.45) is 4.52. The van der Waals surface area contributed by atoms with Gasteiger partial charge in [-0.1, -0.05) is 13.8 Å². The van der Waals surface area contributed by atoms with Crippen LogP contribution in [0.2, 0.25) is 0 Å². The zero-order chi connectivity index (χ0) is 13.1. The van der Waals surface area contributed by atoms with Crippen LogP contribution < -0.4 is 10.2 Å². The van der Waals surface area contributed by atoms with E-state index in [4.69, 9.17) is 0 Å². The molecule has 0 amide bonds. The largest absolute Gasteiger partial charge is 0.353 e. The number of hydrogen-bond acceptors (Lipinski definition) is 3. The fraction of sp³-hybridized carbons (Fsp3) is 0.667. The molecule has 1 N–H and O–H groups in total. The molecule has 2 rings (SSSR count). The normalized spacial score (nSPS) is 21.6. The molecule has 0 aliphatic carbocycles. The molecule has 1 aromatic rings. The van der Waals surface area contributed by atoms with E-state index in [1.165, 1.54) is 18.4 Å². The van der Waals surface area contributed by atoms with Gasteiger partial charge in [0, 0.05) is 24.8 Å². The predicted octanol–water partition coefficient (Wildman–Crippen LogP) is 2.99. The van der Waals surface area contributed by atoms with Crippen LogP contribution in [0.3, 0.4) is 0 Å². The summed E-state index contributed by atoms with van der Waals surface area (Å²) >= 11 is 0. The Morgan fingerprint density at radius 2 is 2.17 bits per heavy atom. The first-order valence-corrected chi connectivity index (χ1v) is 7.03. The van der Waals surface area contributed by atoms with Gasteiger partial charge in [-0.05, 0) is 50.4 Å². The highest BCUT2D eigenvalue weighted by molar-refractivity contribution is 5.44. The standard InChI is InChI=1S/C15H25N3/c1-11(2)14-6-5-9-18(14)15-10-13(7-8-17-15)12(3)16-4/h7-8,10-12,14,16H,5-6,9H2,1-4H3. The van der Waals surface area contributed by atoms with Crippen LogP contribution in [0.1, 0.15) is 45.2 Å². The molecule has 1 aliphatic rings. The minimum Gasteiger partial charge on any atom is -0.353 e. The van der Waals surface area contributed by atoms with Crippen molar-refractivity contribution in [3.63, 3.8) is 0 Å². The summed E-state index contributed by atoms with van der Waals surface area (Å²) in [4.78, 5) is 7.05. The van der Waals surface area contributed by atoms with Crippen LogP contribution in [0.25, 0.3) is 0 Å². The average molecular weight is 247 g/mol. The van der Waals surface area contributed by atoms with Crippen LogP contribution in [-0.4, -0.2) is 24.6 Å². The molecule has 1 fully saturated rings. The summed E-state index contributed by atoms with van der Waals surface area (Å²) in [7, 11) is 2.00. The van der Waals surface area contributed by atoms with Gasteiger partial charge < -0.3 is 10.2 Å². The second kappa shape index (κ2) is 5.70. The Kier molecular flexibility index (Phi) is 4.23. The maximum Gasteiger partial charge on any atom is 0.129 e. The van der Waals surface area contributed by atoms with Gasteiger partial charge in [0.1, 0.15) is 5.82 Å². The molecule has 0 spiro atoms. The van der Waals surface area contributed by atoms with E-state index in [1.54, 1.807) is 0 Å². The third-order valence-electron chi connectivity index (χ3n) is 4.07. The first-order valence-electron chi connectivity index (χ1n) is 7.03. The maximum atomic E-state index is 4.57. The zero-order valence-electron chi connectivity index (χ0n) is 12.0. The minimum absolute atomic E-state index is 0.381. The van der Waals surface area contributed by atoms with Crippen LogP contribution in [-0.2, 0) is 0 Å². The van der Waals surface area contributed by atoms with E-state index in [1.807, 2.05) is 13.2 Å². The number of nitrogens with zero attached hydrogens (tertiary/aromatic N) is 2. The molecule has 3 nitrogen and oxygen atoms in total. The van der Waals surface area contributed by atoms with Gasteiger partial charge in [0.2, 0.25) is 0 Å². The Morgan fingerprint density at radius 3 is 2.83 bits per heavy atom. The van der Waals surface area contributed by atoms with Crippen molar-refractivity contribution in [1.29, 1.82) is 0 Å². The van der Waals surface area contributed by atoms with E-state index in [-0.39, 0.29) is 0 Å². The number of rotatable bonds is 4. The highest BCUT2D eigenvalue weighted by Crippen LogP contribution is 2.29. The van der Waals surface area contributed by atoms with Gasteiger partial charge in [-0.25, -0.2) is 4.98 Å². The Hall–Kier alpha value is -1.09. The van der Waals surface area contributed by atoms with Crippen LogP contribution in [0.5, 0.6) is 0 Å². The van der Waals surface area contributed by atoms with Gasteiger partial charge in [0.05, 0.1) is 0 Å². The van der Waals surface area contributed by atoms with Crippen LogP contribution in [0, 0.1) is 5.92 Å². The van der Waals surface area contributed by atoms with Gasteiger partial charge in [-0.3, -0.25) is 0 Å². The quantitative estimate of drug-likeness (QED) is 0.886. The maximum absolute atomic E-state index is 4.57. The fourth-order valence-corrected chi connectivity index (χ4v) is 2.80. The lowest BCUT2D eigenvalue weighted by Gasteiger charge is -2.29. The number of pyridine rings is 1. The van der Waals surface area contributed by atoms with Crippen molar-refractivity contribution in [2.75, 3.05) is 18.5 Å². The average Bonchev–Trinajstić information content (AvgIpc) is 2.87. The summed E-state index contributed by atoms with van der Waals surface area (Å²) in [5.74, 6) is 1.84. The van der Waals surface area contributed by atoms with Gasteiger partial charge >= 0.3 is 0 Å². The summed E-state index contributed by atoms with van der Waals surface area (Å²) in [5, 5.41) is 3.29. The molecule has 2 atom stereocenters. The molecule has 0 radical (unpaired) electrons. The van der Waals surface area contributed by atoms with Crippen molar-refractivity contribution < 1.29 is 0 Å². The first-order chi connectivity index (χ1) is 8.63. The highest BCUT2D eigenvalue weighted by Gasteiger charge is 2.28. The van der Waals surface area contributed by atoms with E-state index < -0.39 is 0 Å². The molecule has 100 valence electrons. The van der Waals surface area contributed by atoms with Gasteiger partial charge in [-0.15, -0.1) is 0 Å². The summed E-state index contributed by atoms with van der Waals surface area (Å²) in [6, 6.07) is 5.37. The lowest BCUT2D eigenvalue weighted by atomic mass is 10.0. The van der Waals surface area contributed by atoms with Gasteiger partial charge in [0.25, 0.3) is 0 Å².